The van der Waals surface area contributed by atoms with Crippen molar-refractivity contribution in [3.8, 4) is 0 Å². The minimum atomic E-state index is 0.112. The highest BCUT2D eigenvalue weighted by atomic mass is 16.6. The van der Waals surface area contributed by atoms with E-state index < -0.39 is 0 Å². The lowest BCUT2D eigenvalue weighted by Gasteiger charge is -2.31. The van der Waals surface area contributed by atoms with Crippen molar-refractivity contribution in [1.82, 2.24) is 5.32 Å². The molecular formula is C15H23NO2. The molecular weight excluding hydrogens is 226 g/mol. The van der Waals surface area contributed by atoms with Gasteiger partial charge in [0.1, 0.15) is 6.10 Å². The van der Waals surface area contributed by atoms with Crippen molar-refractivity contribution in [2.75, 3.05) is 26.4 Å². The van der Waals surface area contributed by atoms with Crippen LogP contribution >= 0.6 is 0 Å². The van der Waals surface area contributed by atoms with Crippen molar-refractivity contribution in [3.05, 3.63) is 34.9 Å². The lowest BCUT2D eigenvalue weighted by Crippen LogP contribution is -2.40. The number of ether oxygens (including phenoxy) is 2. The minimum Gasteiger partial charge on any atom is -0.376 e. The highest BCUT2D eigenvalue weighted by molar-refractivity contribution is 5.32. The predicted octanol–water partition coefficient (Wildman–Crippen LogP) is 2.37. The fourth-order valence-corrected chi connectivity index (χ4v) is 2.34. The summed E-state index contributed by atoms with van der Waals surface area (Å²) in [5, 5.41) is 3.51. The monoisotopic (exact) mass is 249 g/mol. The van der Waals surface area contributed by atoms with Crippen molar-refractivity contribution in [3.63, 3.8) is 0 Å². The highest BCUT2D eigenvalue weighted by Crippen LogP contribution is 2.23. The van der Waals surface area contributed by atoms with Crippen LogP contribution < -0.4 is 5.32 Å². The fraction of sp³-hybridized carbons (Fsp3) is 0.600. The summed E-state index contributed by atoms with van der Waals surface area (Å²) in [7, 11) is 0. The van der Waals surface area contributed by atoms with Gasteiger partial charge in [-0.3, -0.25) is 0 Å². The molecule has 1 aromatic rings. The number of hydrogen-bond acceptors (Lipinski definition) is 3. The van der Waals surface area contributed by atoms with Crippen LogP contribution in [-0.2, 0) is 9.47 Å². The maximum Gasteiger partial charge on any atom is 0.100 e. The van der Waals surface area contributed by atoms with Gasteiger partial charge < -0.3 is 14.8 Å². The molecule has 1 aromatic carbocycles. The number of nitrogens with one attached hydrogen (secondary N) is 1. The molecule has 0 amide bonds. The summed E-state index contributed by atoms with van der Waals surface area (Å²) in [5.74, 6) is 0. The van der Waals surface area contributed by atoms with Gasteiger partial charge in [0.25, 0.3) is 0 Å². The molecule has 2 atom stereocenters. The first-order valence-corrected chi connectivity index (χ1v) is 6.72. The van der Waals surface area contributed by atoms with E-state index in [0.717, 1.165) is 6.54 Å². The van der Waals surface area contributed by atoms with Gasteiger partial charge in [-0.1, -0.05) is 25.1 Å². The second kappa shape index (κ2) is 6.32. The zero-order chi connectivity index (χ0) is 13.0. The van der Waals surface area contributed by atoms with Gasteiger partial charge in [-0.05, 0) is 37.1 Å². The molecule has 1 aliphatic heterocycles. The van der Waals surface area contributed by atoms with E-state index in [1.54, 1.807) is 0 Å². The van der Waals surface area contributed by atoms with Crippen molar-refractivity contribution in [2.24, 2.45) is 0 Å². The number of likely N-dealkylation sites (N-methyl/N-ethyl adjacent to an activating group) is 1. The average molecular weight is 249 g/mol. The molecule has 1 aliphatic rings. The molecule has 0 saturated carbocycles. The van der Waals surface area contributed by atoms with E-state index in [1.165, 1.54) is 16.7 Å². The van der Waals surface area contributed by atoms with Gasteiger partial charge in [-0.25, -0.2) is 0 Å². The van der Waals surface area contributed by atoms with Crippen molar-refractivity contribution < 1.29 is 9.47 Å². The Morgan fingerprint density at radius 2 is 2.11 bits per heavy atom. The van der Waals surface area contributed by atoms with Gasteiger partial charge in [0, 0.05) is 0 Å². The van der Waals surface area contributed by atoms with Crippen molar-refractivity contribution in [2.45, 2.75) is 32.9 Å². The van der Waals surface area contributed by atoms with Gasteiger partial charge in [-0.15, -0.1) is 0 Å². The SMILES string of the molecule is CCNC(c1ccc(C)c(C)c1)C1COCCO1. The van der Waals surface area contributed by atoms with Crippen LogP contribution in [0.3, 0.4) is 0 Å². The van der Waals surface area contributed by atoms with Crippen LogP contribution in [0.5, 0.6) is 0 Å². The first-order chi connectivity index (χ1) is 8.72. The number of rotatable bonds is 4. The fourth-order valence-electron chi connectivity index (χ4n) is 2.34. The summed E-state index contributed by atoms with van der Waals surface area (Å²) in [6.45, 7) is 9.42. The molecule has 1 saturated heterocycles. The van der Waals surface area contributed by atoms with Crippen LogP contribution in [0, 0.1) is 13.8 Å². The Kier molecular flexibility index (Phi) is 4.75. The van der Waals surface area contributed by atoms with Gasteiger partial charge in [-0.2, -0.15) is 0 Å². The summed E-state index contributed by atoms with van der Waals surface area (Å²) in [6.07, 6.45) is 0.112. The van der Waals surface area contributed by atoms with E-state index in [-0.39, 0.29) is 12.1 Å². The van der Waals surface area contributed by atoms with Gasteiger partial charge >= 0.3 is 0 Å². The summed E-state index contributed by atoms with van der Waals surface area (Å²) in [4.78, 5) is 0. The first kappa shape index (κ1) is 13.5. The van der Waals surface area contributed by atoms with Crippen LogP contribution in [-0.4, -0.2) is 32.5 Å². The standard InChI is InChI=1S/C15H23NO2/c1-4-16-15(14-10-17-7-8-18-14)13-6-5-11(2)12(3)9-13/h5-6,9,14-16H,4,7-8,10H2,1-3H3. The number of benzene rings is 1. The van der Waals surface area contributed by atoms with Crippen LogP contribution in [0.1, 0.15) is 29.7 Å². The molecule has 1 fully saturated rings. The number of hydrogen-bond donors (Lipinski definition) is 1. The molecule has 0 radical (unpaired) electrons. The van der Waals surface area contributed by atoms with E-state index in [9.17, 15) is 0 Å². The number of aryl methyl sites for hydroxylation is 2. The third-order valence-electron chi connectivity index (χ3n) is 3.53. The second-order valence-electron chi connectivity index (χ2n) is 4.86. The highest BCUT2D eigenvalue weighted by Gasteiger charge is 2.26. The zero-order valence-electron chi connectivity index (χ0n) is 11.5. The van der Waals surface area contributed by atoms with Crippen molar-refractivity contribution in [1.29, 1.82) is 0 Å². The molecule has 18 heavy (non-hydrogen) atoms. The lowest BCUT2D eigenvalue weighted by molar-refractivity contribution is -0.102. The maximum atomic E-state index is 5.83. The molecule has 0 aromatic heterocycles. The largest absolute Gasteiger partial charge is 0.376 e. The lowest BCUT2D eigenvalue weighted by atomic mass is 9.97. The molecule has 3 nitrogen and oxygen atoms in total. The smallest absolute Gasteiger partial charge is 0.100 e. The third-order valence-corrected chi connectivity index (χ3v) is 3.53. The average Bonchev–Trinajstić information content (AvgIpc) is 2.40. The predicted molar refractivity (Wildman–Crippen MR) is 72.9 cm³/mol. The molecule has 0 aliphatic carbocycles. The topological polar surface area (TPSA) is 30.5 Å². The molecule has 2 rings (SSSR count). The zero-order valence-corrected chi connectivity index (χ0v) is 11.5. The molecule has 100 valence electrons. The van der Waals surface area contributed by atoms with Gasteiger partial charge in [0.15, 0.2) is 0 Å². The van der Waals surface area contributed by atoms with Crippen molar-refractivity contribution >= 4 is 0 Å². The third kappa shape index (κ3) is 3.10. The van der Waals surface area contributed by atoms with Crippen LogP contribution in [0.25, 0.3) is 0 Å². The van der Waals surface area contributed by atoms with E-state index >= 15 is 0 Å². The molecule has 1 N–H and O–H groups in total. The Balaban J connectivity index is 2.19. The molecule has 1 heterocycles. The van der Waals surface area contributed by atoms with E-state index in [4.69, 9.17) is 9.47 Å². The summed E-state index contributed by atoms with van der Waals surface area (Å²) in [5.41, 5.74) is 3.94. The van der Waals surface area contributed by atoms with E-state index in [1.807, 2.05) is 0 Å². The Morgan fingerprint density at radius 1 is 1.28 bits per heavy atom. The molecule has 0 spiro atoms. The summed E-state index contributed by atoms with van der Waals surface area (Å²) in [6, 6.07) is 6.84. The maximum absolute atomic E-state index is 5.83. The Hall–Kier alpha value is -0.900. The Labute approximate surface area is 109 Å². The first-order valence-electron chi connectivity index (χ1n) is 6.72. The van der Waals surface area contributed by atoms with E-state index in [0.29, 0.717) is 19.8 Å². The van der Waals surface area contributed by atoms with Crippen LogP contribution in [0.4, 0.5) is 0 Å². The second-order valence-corrected chi connectivity index (χ2v) is 4.86. The molecule has 3 heteroatoms. The molecule has 0 bridgehead atoms. The van der Waals surface area contributed by atoms with Crippen LogP contribution in [0.15, 0.2) is 18.2 Å². The van der Waals surface area contributed by atoms with Crippen LogP contribution in [0.2, 0.25) is 0 Å². The van der Waals surface area contributed by atoms with Gasteiger partial charge in [0.2, 0.25) is 0 Å². The molecule has 2 unspecified atom stereocenters. The normalized spacial score (nSPS) is 21.8. The Bertz CT molecular complexity index is 386. The van der Waals surface area contributed by atoms with E-state index in [2.05, 4.69) is 44.3 Å². The summed E-state index contributed by atoms with van der Waals surface area (Å²) >= 11 is 0. The summed E-state index contributed by atoms with van der Waals surface area (Å²) < 4.78 is 11.3. The minimum absolute atomic E-state index is 0.112. The quantitative estimate of drug-likeness (QED) is 0.888. The Morgan fingerprint density at radius 3 is 2.72 bits per heavy atom. The van der Waals surface area contributed by atoms with Gasteiger partial charge in [0.05, 0.1) is 25.9 Å².